The van der Waals surface area contributed by atoms with E-state index in [-0.39, 0.29) is 17.1 Å². The Hall–Kier alpha value is -4.84. The minimum atomic E-state index is -1.09. The summed E-state index contributed by atoms with van der Waals surface area (Å²) in [4.78, 5) is 24.4. The Labute approximate surface area is 265 Å². The SMILES string of the molecule is COc1c(OCCCN2CCOCC2)ccc2c(Oc3ccc(-c4cnc(C(O)c5ccccc5)n(C)c4=O)cc3F)ccnc12. The van der Waals surface area contributed by atoms with Crippen LogP contribution in [-0.2, 0) is 11.8 Å². The molecule has 3 aromatic carbocycles. The number of hydrogen-bond acceptors (Lipinski definition) is 9. The second-order valence-electron chi connectivity index (χ2n) is 10.9. The van der Waals surface area contributed by atoms with Crippen molar-refractivity contribution in [3.05, 3.63) is 107 Å². The highest BCUT2D eigenvalue weighted by Crippen LogP contribution is 2.39. The van der Waals surface area contributed by atoms with Crippen LogP contribution in [0.4, 0.5) is 4.39 Å². The molecule has 1 atom stereocenters. The molecule has 0 saturated carbocycles. The minimum absolute atomic E-state index is 0.0282. The normalized spacial score (nSPS) is 14.3. The molecule has 0 spiro atoms. The van der Waals surface area contributed by atoms with E-state index in [9.17, 15) is 9.90 Å². The molecule has 6 rings (SSSR count). The van der Waals surface area contributed by atoms with E-state index in [1.165, 1.54) is 29.9 Å². The smallest absolute Gasteiger partial charge is 0.261 e. The number of ether oxygens (including phenoxy) is 4. The molecule has 1 aliphatic heterocycles. The summed E-state index contributed by atoms with van der Waals surface area (Å²) < 4.78 is 39.8. The number of benzene rings is 3. The molecule has 11 heteroatoms. The second kappa shape index (κ2) is 14.1. The third-order valence-electron chi connectivity index (χ3n) is 8.00. The molecule has 1 unspecified atom stereocenters. The maximum Gasteiger partial charge on any atom is 0.261 e. The quantitative estimate of drug-likeness (QED) is 0.200. The van der Waals surface area contributed by atoms with E-state index in [1.54, 1.807) is 55.8 Å². The van der Waals surface area contributed by atoms with Crippen LogP contribution in [0.1, 0.15) is 23.9 Å². The van der Waals surface area contributed by atoms with E-state index in [1.807, 2.05) is 12.1 Å². The second-order valence-corrected chi connectivity index (χ2v) is 10.9. The van der Waals surface area contributed by atoms with Crippen LogP contribution in [0.3, 0.4) is 0 Å². The standard InChI is InChI=1S/C35H35FN4O6/c1-39-34(32(41)23-7-4-3-5-8-23)38-22-26(35(39)42)24-9-11-29(27(36)21-24)46-28-13-14-37-31-25(28)10-12-30(33(31)43-2)45-18-6-15-40-16-19-44-20-17-40/h3-5,7-14,21-22,32,41H,6,15-20H2,1-2H3. The van der Waals surface area contributed by atoms with Gasteiger partial charge in [0.1, 0.15) is 23.2 Å². The maximum atomic E-state index is 15.4. The zero-order chi connectivity index (χ0) is 32.0. The van der Waals surface area contributed by atoms with Gasteiger partial charge in [-0.15, -0.1) is 0 Å². The average molecular weight is 627 g/mol. The number of nitrogens with zero attached hydrogens (tertiary/aromatic N) is 4. The monoisotopic (exact) mass is 626 g/mol. The van der Waals surface area contributed by atoms with Crippen molar-refractivity contribution in [3.63, 3.8) is 0 Å². The molecule has 0 aliphatic carbocycles. The van der Waals surface area contributed by atoms with E-state index < -0.39 is 17.5 Å². The maximum absolute atomic E-state index is 15.4. The zero-order valence-electron chi connectivity index (χ0n) is 25.7. The van der Waals surface area contributed by atoms with Gasteiger partial charge in [0.25, 0.3) is 5.56 Å². The summed E-state index contributed by atoms with van der Waals surface area (Å²) in [7, 11) is 3.08. The van der Waals surface area contributed by atoms with Crippen LogP contribution >= 0.6 is 0 Å². The van der Waals surface area contributed by atoms with Crippen molar-refractivity contribution in [3.8, 4) is 34.1 Å². The molecular weight excluding hydrogens is 591 g/mol. The number of hydrogen-bond donors (Lipinski definition) is 1. The third-order valence-corrected chi connectivity index (χ3v) is 8.00. The van der Waals surface area contributed by atoms with Gasteiger partial charge in [-0.25, -0.2) is 9.37 Å². The number of halogens is 1. The van der Waals surface area contributed by atoms with Crippen LogP contribution in [0.25, 0.3) is 22.0 Å². The van der Waals surface area contributed by atoms with E-state index >= 15 is 4.39 Å². The molecule has 0 radical (unpaired) electrons. The highest BCUT2D eigenvalue weighted by Gasteiger charge is 2.20. The number of morpholine rings is 1. The summed E-state index contributed by atoms with van der Waals surface area (Å²) >= 11 is 0. The van der Waals surface area contributed by atoms with Crippen LogP contribution in [0, 0.1) is 5.82 Å². The molecule has 1 N–H and O–H groups in total. The molecule has 5 aromatic rings. The number of aromatic nitrogens is 3. The fourth-order valence-electron chi connectivity index (χ4n) is 5.51. The lowest BCUT2D eigenvalue weighted by Gasteiger charge is -2.26. The summed E-state index contributed by atoms with van der Waals surface area (Å²) in [5.74, 6) is 0.904. The fraction of sp³-hybridized carbons (Fsp3) is 0.286. The first-order chi connectivity index (χ1) is 22.4. The van der Waals surface area contributed by atoms with Crippen molar-refractivity contribution in [1.29, 1.82) is 0 Å². The van der Waals surface area contributed by atoms with E-state index in [4.69, 9.17) is 18.9 Å². The summed E-state index contributed by atoms with van der Waals surface area (Å²) in [6.45, 7) is 4.82. The molecule has 3 heterocycles. The Balaban J connectivity index is 1.19. The first kappa shape index (κ1) is 31.2. The number of pyridine rings is 1. The number of aliphatic hydroxyl groups is 1. The first-order valence-corrected chi connectivity index (χ1v) is 15.1. The largest absolute Gasteiger partial charge is 0.491 e. The molecule has 10 nitrogen and oxygen atoms in total. The predicted octanol–water partition coefficient (Wildman–Crippen LogP) is 5.12. The first-order valence-electron chi connectivity index (χ1n) is 15.1. The van der Waals surface area contributed by atoms with Crippen molar-refractivity contribution < 1.29 is 28.4 Å². The Morgan fingerprint density at radius 3 is 2.54 bits per heavy atom. The Kier molecular flexibility index (Phi) is 9.53. The van der Waals surface area contributed by atoms with Crippen molar-refractivity contribution in [2.45, 2.75) is 12.5 Å². The van der Waals surface area contributed by atoms with E-state index in [0.717, 1.165) is 39.3 Å². The molecule has 2 aromatic heterocycles. The third kappa shape index (κ3) is 6.57. The van der Waals surface area contributed by atoms with Crippen molar-refractivity contribution in [1.82, 2.24) is 19.4 Å². The van der Waals surface area contributed by atoms with Gasteiger partial charge in [-0.2, -0.15) is 0 Å². The molecule has 1 saturated heterocycles. The van der Waals surface area contributed by atoms with Crippen LogP contribution in [0.15, 0.2) is 83.9 Å². The van der Waals surface area contributed by atoms with Gasteiger partial charge in [-0.05, 0) is 47.9 Å². The number of aliphatic hydroxyl groups excluding tert-OH is 1. The van der Waals surface area contributed by atoms with Crippen molar-refractivity contribution in [2.24, 2.45) is 7.05 Å². The lowest BCUT2D eigenvalue weighted by atomic mass is 10.1. The molecular formula is C35H35FN4O6. The summed E-state index contributed by atoms with van der Waals surface area (Å²) in [5, 5.41) is 11.4. The van der Waals surface area contributed by atoms with Crippen LogP contribution in [0.2, 0.25) is 0 Å². The van der Waals surface area contributed by atoms with E-state index in [0.29, 0.717) is 45.9 Å². The predicted molar refractivity (Wildman–Crippen MR) is 171 cm³/mol. The van der Waals surface area contributed by atoms with E-state index in [2.05, 4.69) is 14.9 Å². The number of methoxy groups -OCH3 is 1. The van der Waals surface area contributed by atoms with Crippen molar-refractivity contribution >= 4 is 10.9 Å². The van der Waals surface area contributed by atoms with Gasteiger partial charge in [-0.1, -0.05) is 36.4 Å². The Morgan fingerprint density at radius 2 is 1.78 bits per heavy atom. The summed E-state index contributed by atoms with van der Waals surface area (Å²) in [5.41, 5.74) is 1.23. The fourth-order valence-corrected chi connectivity index (χ4v) is 5.51. The van der Waals surface area contributed by atoms with Crippen LogP contribution in [-0.4, -0.2) is 71.1 Å². The Morgan fingerprint density at radius 1 is 1.00 bits per heavy atom. The number of rotatable bonds is 11. The van der Waals surface area contributed by atoms with Gasteiger partial charge >= 0.3 is 0 Å². The lowest BCUT2D eigenvalue weighted by Crippen LogP contribution is -2.37. The highest BCUT2D eigenvalue weighted by molar-refractivity contribution is 5.92. The molecule has 1 aliphatic rings. The van der Waals surface area contributed by atoms with Crippen LogP contribution < -0.4 is 19.8 Å². The lowest BCUT2D eigenvalue weighted by molar-refractivity contribution is 0.0357. The topological polar surface area (TPSA) is 108 Å². The molecule has 0 bridgehead atoms. The van der Waals surface area contributed by atoms with Gasteiger partial charge in [0.2, 0.25) is 0 Å². The summed E-state index contributed by atoms with van der Waals surface area (Å²) in [6, 6.07) is 18.5. The molecule has 238 valence electrons. The van der Waals surface area contributed by atoms with Gasteiger partial charge in [0.05, 0.1) is 32.5 Å². The minimum Gasteiger partial charge on any atom is -0.491 e. The molecule has 0 amide bonds. The van der Waals surface area contributed by atoms with Gasteiger partial charge in [-0.3, -0.25) is 19.2 Å². The Bertz CT molecular complexity index is 1880. The highest BCUT2D eigenvalue weighted by atomic mass is 19.1. The molecule has 1 fully saturated rings. The van der Waals surface area contributed by atoms with Gasteiger partial charge in [0.15, 0.2) is 23.1 Å². The van der Waals surface area contributed by atoms with Gasteiger partial charge in [0, 0.05) is 44.5 Å². The van der Waals surface area contributed by atoms with Gasteiger partial charge < -0.3 is 24.1 Å². The molecule has 46 heavy (non-hydrogen) atoms. The van der Waals surface area contributed by atoms with Crippen LogP contribution in [0.5, 0.6) is 23.0 Å². The summed E-state index contributed by atoms with van der Waals surface area (Å²) in [6.07, 6.45) is 2.69. The number of fused-ring (bicyclic) bond motifs is 1. The average Bonchev–Trinajstić information content (AvgIpc) is 3.09. The van der Waals surface area contributed by atoms with Crippen molar-refractivity contribution in [2.75, 3.05) is 46.6 Å². The zero-order valence-corrected chi connectivity index (χ0v) is 25.7.